The topological polar surface area (TPSA) is 104 Å². The Hall–Kier alpha value is -3.69. The van der Waals surface area contributed by atoms with Crippen LogP contribution < -0.4 is 16.8 Å². The summed E-state index contributed by atoms with van der Waals surface area (Å²) in [6, 6.07) is 5.96. The van der Waals surface area contributed by atoms with Gasteiger partial charge in [-0.2, -0.15) is 4.98 Å². The first-order valence-corrected chi connectivity index (χ1v) is 8.38. The lowest BCUT2D eigenvalue weighted by atomic mass is 10.2. The Morgan fingerprint density at radius 2 is 1.75 bits per heavy atom. The van der Waals surface area contributed by atoms with Crippen LogP contribution in [0.15, 0.2) is 38.6 Å². The minimum atomic E-state index is -0.670. The molecular formula is C18H16FN5O4. The minimum absolute atomic E-state index is 0.00989. The van der Waals surface area contributed by atoms with Crippen molar-refractivity contribution in [1.29, 1.82) is 0 Å². The van der Waals surface area contributed by atoms with E-state index in [2.05, 4.69) is 4.98 Å². The Bertz CT molecular complexity index is 1460. The molecule has 4 rings (SSSR count). The molecule has 1 N–H and O–H groups in total. The van der Waals surface area contributed by atoms with Crippen LogP contribution in [0.3, 0.4) is 0 Å². The van der Waals surface area contributed by atoms with Crippen molar-refractivity contribution in [2.45, 2.75) is 13.5 Å². The van der Waals surface area contributed by atoms with Gasteiger partial charge in [-0.15, -0.1) is 0 Å². The molecule has 0 aliphatic heterocycles. The number of aromatic nitrogens is 5. The fraction of sp³-hybridized carbons (Fsp3) is 0.222. The van der Waals surface area contributed by atoms with Crippen molar-refractivity contribution in [3.8, 4) is 5.88 Å². The Morgan fingerprint density at radius 3 is 2.43 bits per heavy atom. The van der Waals surface area contributed by atoms with Crippen LogP contribution in [0, 0.1) is 12.7 Å². The molecule has 9 nitrogen and oxygen atoms in total. The molecule has 0 radical (unpaired) electrons. The van der Waals surface area contributed by atoms with Crippen LogP contribution in [-0.2, 0) is 20.6 Å². The molecule has 144 valence electrons. The lowest BCUT2D eigenvalue weighted by molar-refractivity contribution is 0.437. The van der Waals surface area contributed by atoms with Gasteiger partial charge in [-0.3, -0.25) is 23.3 Å². The van der Waals surface area contributed by atoms with Crippen LogP contribution in [0.4, 0.5) is 4.39 Å². The van der Waals surface area contributed by atoms with Crippen molar-refractivity contribution < 1.29 is 9.50 Å². The first-order valence-electron chi connectivity index (χ1n) is 8.38. The van der Waals surface area contributed by atoms with Crippen molar-refractivity contribution in [2.75, 3.05) is 0 Å². The molecule has 3 aromatic heterocycles. The summed E-state index contributed by atoms with van der Waals surface area (Å²) in [5.74, 6) is -1.02. The number of rotatable bonds is 2. The maximum Gasteiger partial charge on any atom is 0.332 e. The van der Waals surface area contributed by atoms with Crippen LogP contribution in [0.5, 0.6) is 5.88 Å². The number of hydrogen-bond acceptors (Lipinski definition) is 5. The molecule has 0 atom stereocenters. The lowest BCUT2D eigenvalue weighted by Crippen LogP contribution is -2.37. The summed E-state index contributed by atoms with van der Waals surface area (Å²) >= 11 is 0. The number of aryl methyl sites for hydroxylation is 1. The third kappa shape index (κ3) is 2.24. The largest absolute Gasteiger partial charge is 0.494 e. The smallest absolute Gasteiger partial charge is 0.332 e. The first-order chi connectivity index (χ1) is 13.2. The van der Waals surface area contributed by atoms with Gasteiger partial charge < -0.3 is 5.11 Å². The monoisotopic (exact) mass is 385 g/mol. The summed E-state index contributed by atoms with van der Waals surface area (Å²) in [5, 5.41) is 10.5. The molecular weight excluding hydrogens is 369 g/mol. The molecule has 0 amide bonds. The average molecular weight is 385 g/mol. The first kappa shape index (κ1) is 17.7. The second-order valence-corrected chi connectivity index (χ2v) is 6.56. The Balaban J connectivity index is 2.21. The van der Waals surface area contributed by atoms with Gasteiger partial charge in [0.2, 0.25) is 11.7 Å². The summed E-state index contributed by atoms with van der Waals surface area (Å²) in [4.78, 5) is 41.9. The van der Waals surface area contributed by atoms with Crippen LogP contribution in [0.2, 0.25) is 0 Å². The predicted molar refractivity (Wildman–Crippen MR) is 99.3 cm³/mol. The quantitative estimate of drug-likeness (QED) is 0.533. The fourth-order valence-corrected chi connectivity index (χ4v) is 3.26. The average Bonchev–Trinajstić information content (AvgIpc) is 3.08. The van der Waals surface area contributed by atoms with E-state index >= 15 is 0 Å². The van der Waals surface area contributed by atoms with E-state index in [9.17, 15) is 23.9 Å². The van der Waals surface area contributed by atoms with E-state index < -0.39 is 28.5 Å². The van der Waals surface area contributed by atoms with E-state index in [0.29, 0.717) is 0 Å². The molecule has 0 aliphatic carbocycles. The van der Waals surface area contributed by atoms with Crippen LogP contribution in [-0.4, -0.2) is 28.2 Å². The number of nitrogens with zero attached hydrogens (tertiary/aromatic N) is 5. The Morgan fingerprint density at radius 1 is 1.07 bits per heavy atom. The van der Waals surface area contributed by atoms with E-state index in [1.54, 1.807) is 6.07 Å². The summed E-state index contributed by atoms with van der Waals surface area (Å²) in [7, 11) is 2.74. The zero-order valence-electron chi connectivity index (χ0n) is 15.3. The van der Waals surface area contributed by atoms with E-state index in [0.717, 1.165) is 18.1 Å². The van der Waals surface area contributed by atoms with Crippen molar-refractivity contribution >= 4 is 16.9 Å². The molecule has 1 aromatic carbocycles. The number of hydrogen-bond donors (Lipinski definition) is 1. The van der Waals surface area contributed by atoms with Gasteiger partial charge >= 0.3 is 5.69 Å². The molecule has 0 spiro atoms. The van der Waals surface area contributed by atoms with Gasteiger partial charge in [0.1, 0.15) is 5.82 Å². The molecule has 0 bridgehead atoms. The van der Waals surface area contributed by atoms with Gasteiger partial charge in [-0.1, -0.05) is 18.2 Å². The third-order valence-corrected chi connectivity index (χ3v) is 4.88. The maximum atomic E-state index is 14.1. The van der Waals surface area contributed by atoms with E-state index in [1.807, 2.05) is 0 Å². The van der Waals surface area contributed by atoms with Crippen LogP contribution >= 0.6 is 0 Å². The highest BCUT2D eigenvalue weighted by Crippen LogP contribution is 2.21. The second kappa shape index (κ2) is 5.91. The standard InChI is InChI=1S/C18H16FN5O4/c1-9-14(25)23(8-10-6-4-5-7-11(10)19)17-20-13-12(24(17)15(9)26)16(27)22(3)18(28)21(13)2/h4-7,26H,8H2,1-3H3. The lowest BCUT2D eigenvalue weighted by Gasteiger charge is -2.11. The van der Waals surface area contributed by atoms with E-state index in [1.165, 1.54) is 39.2 Å². The molecule has 28 heavy (non-hydrogen) atoms. The fourth-order valence-electron chi connectivity index (χ4n) is 3.26. The Labute approximate surface area is 156 Å². The summed E-state index contributed by atoms with van der Waals surface area (Å²) in [6.07, 6.45) is 0. The van der Waals surface area contributed by atoms with E-state index in [4.69, 9.17) is 0 Å². The van der Waals surface area contributed by atoms with Crippen molar-refractivity contribution in [3.63, 3.8) is 0 Å². The van der Waals surface area contributed by atoms with Crippen LogP contribution in [0.25, 0.3) is 16.9 Å². The van der Waals surface area contributed by atoms with Crippen molar-refractivity contribution in [2.24, 2.45) is 14.1 Å². The molecule has 0 saturated heterocycles. The number of imidazole rings is 1. The van der Waals surface area contributed by atoms with Crippen LogP contribution in [0.1, 0.15) is 11.1 Å². The summed E-state index contributed by atoms with van der Waals surface area (Å²) in [6.45, 7) is 1.24. The van der Waals surface area contributed by atoms with Crippen molar-refractivity contribution in [3.05, 3.63) is 72.4 Å². The van der Waals surface area contributed by atoms with Crippen molar-refractivity contribution in [1.82, 2.24) is 23.1 Å². The highest BCUT2D eigenvalue weighted by molar-refractivity contribution is 5.76. The molecule has 0 saturated carbocycles. The number of halogens is 1. The highest BCUT2D eigenvalue weighted by atomic mass is 19.1. The number of fused-ring (bicyclic) bond motifs is 3. The maximum absolute atomic E-state index is 14.1. The Kier molecular flexibility index (Phi) is 3.74. The van der Waals surface area contributed by atoms with Gasteiger partial charge in [-0.05, 0) is 13.0 Å². The zero-order valence-corrected chi connectivity index (χ0v) is 15.3. The molecule has 10 heteroatoms. The van der Waals surface area contributed by atoms with Gasteiger partial charge in [0, 0.05) is 19.7 Å². The molecule has 0 fully saturated rings. The second-order valence-electron chi connectivity index (χ2n) is 6.56. The molecule has 4 aromatic rings. The zero-order chi connectivity index (χ0) is 20.3. The molecule has 0 aliphatic rings. The SMILES string of the molecule is Cc1c(O)n2c3c(=O)n(C)c(=O)n(C)c3nc2n(Cc2ccccc2F)c1=O. The molecule has 0 unspecified atom stereocenters. The van der Waals surface area contributed by atoms with Gasteiger partial charge in [0.25, 0.3) is 11.1 Å². The van der Waals surface area contributed by atoms with Gasteiger partial charge in [0.15, 0.2) is 11.2 Å². The third-order valence-electron chi connectivity index (χ3n) is 4.88. The summed E-state index contributed by atoms with van der Waals surface area (Å²) < 4.78 is 18.5. The predicted octanol–water partition coefficient (Wildman–Crippen LogP) is 0.248. The van der Waals surface area contributed by atoms with Gasteiger partial charge in [-0.25, -0.2) is 13.6 Å². The minimum Gasteiger partial charge on any atom is -0.494 e. The highest BCUT2D eigenvalue weighted by Gasteiger charge is 2.23. The normalized spacial score (nSPS) is 11.6. The number of benzene rings is 1. The van der Waals surface area contributed by atoms with E-state index in [-0.39, 0.29) is 34.6 Å². The summed E-state index contributed by atoms with van der Waals surface area (Å²) in [5.41, 5.74) is -1.68. The number of aromatic hydroxyl groups is 1. The van der Waals surface area contributed by atoms with Gasteiger partial charge in [0.05, 0.1) is 12.1 Å². The molecule has 3 heterocycles.